The van der Waals surface area contributed by atoms with Gasteiger partial charge in [0.05, 0.1) is 28.0 Å². The number of non-ortho nitro benzene ring substituents is 1. The normalized spacial score (nSPS) is 17.8. The van der Waals surface area contributed by atoms with E-state index in [2.05, 4.69) is 31.2 Å². The van der Waals surface area contributed by atoms with Crippen LogP contribution in [0.25, 0.3) is 0 Å². The lowest BCUT2D eigenvalue weighted by Crippen LogP contribution is -2.33. The summed E-state index contributed by atoms with van der Waals surface area (Å²) < 4.78 is 1.84. The van der Waals surface area contributed by atoms with Gasteiger partial charge >= 0.3 is 0 Å². The van der Waals surface area contributed by atoms with Crippen molar-refractivity contribution in [3.8, 4) is 0 Å². The van der Waals surface area contributed by atoms with Crippen LogP contribution in [0.5, 0.6) is 0 Å². The maximum atomic E-state index is 12.7. The Morgan fingerprint density at radius 3 is 2.76 bits per heavy atom. The van der Waals surface area contributed by atoms with Crippen LogP contribution in [0.15, 0.2) is 36.7 Å². The molecule has 0 saturated carbocycles. The van der Waals surface area contributed by atoms with Crippen molar-refractivity contribution in [2.24, 2.45) is 0 Å². The second-order valence-electron chi connectivity index (χ2n) is 7.10. The fraction of sp³-hybridized carbons (Fsp3) is 0.412. The van der Waals surface area contributed by atoms with Gasteiger partial charge in [-0.1, -0.05) is 6.07 Å². The number of carbonyl (C=O) groups is 1. The lowest BCUT2D eigenvalue weighted by atomic mass is 10.1. The van der Waals surface area contributed by atoms with Gasteiger partial charge in [0.2, 0.25) is 5.91 Å². The maximum absolute atomic E-state index is 12.7. The molecule has 1 aliphatic rings. The van der Waals surface area contributed by atoms with Crippen molar-refractivity contribution >= 4 is 23.0 Å². The number of rotatable bonds is 4. The summed E-state index contributed by atoms with van der Waals surface area (Å²) in [5, 5.41) is 18.4. The van der Waals surface area contributed by atoms with Crippen LogP contribution in [0.3, 0.4) is 0 Å². The van der Waals surface area contributed by atoms with E-state index in [1.807, 2.05) is 10.9 Å². The Balaban J connectivity index is 1.73. The standard InChI is InChI=1S/C17H21N5O3/c1-17(2,3)21-11-12(10-18-21)19-15-7-8-20(16(15)23)13-5-4-6-14(9-13)22(24)25/h4-6,9-11,15,19H,7-8H2,1-3H3/t15-/m1/s1. The summed E-state index contributed by atoms with van der Waals surface area (Å²) >= 11 is 0. The zero-order valence-electron chi connectivity index (χ0n) is 14.5. The Labute approximate surface area is 145 Å². The number of anilines is 2. The molecule has 0 spiro atoms. The molecule has 0 unspecified atom stereocenters. The van der Waals surface area contributed by atoms with Crippen molar-refractivity contribution in [1.29, 1.82) is 0 Å². The molecule has 1 aliphatic heterocycles. The maximum Gasteiger partial charge on any atom is 0.271 e. The number of nitrogens with one attached hydrogen (secondary N) is 1. The Hall–Kier alpha value is -2.90. The van der Waals surface area contributed by atoms with Crippen molar-refractivity contribution in [3.05, 3.63) is 46.8 Å². The Morgan fingerprint density at radius 2 is 2.12 bits per heavy atom. The fourth-order valence-corrected chi connectivity index (χ4v) is 2.81. The van der Waals surface area contributed by atoms with Crippen LogP contribution in [-0.2, 0) is 10.3 Å². The van der Waals surface area contributed by atoms with Gasteiger partial charge in [-0.05, 0) is 33.3 Å². The number of nitrogens with zero attached hydrogens (tertiary/aromatic N) is 4. The van der Waals surface area contributed by atoms with Crippen LogP contribution in [0.4, 0.5) is 17.1 Å². The van der Waals surface area contributed by atoms with Gasteiger partial charge in [-0.3, -0.25) is 19.6 Å². The number of amides is 1. The Bertz CT molecular complexity index is 809. The summed E-state index contributed by atoms with van der Waals surface area (Å²) in [6.45, 7) is 6.67. The van der Waals surface area contributed by atoms with Crippen molar-refractivity contribution in [3.63, 3.8) is 0 Å². The van der Waals surface area contributed by atoms with Crippen LogP contribution >= 0.6 is 0 Å². The van der Waals surface area contributed by atoms with Gasteiger partial charge < -0.3 is 10.2 Å². The molecule has 8 nitrogen and oxygen atoms in total. The molecule has 1 amide bonds. The molecule has 1 atom stereocenters. The molecule has 25 heavy (non-hydrogen) atoms. The largest absolute Gasteiger partial charge is 0.371 e. The zero-order chi connectivity index (χ0) is 18.2. The van der Waals surface area contributed by atoms with Gasteiger partial charge in [0.15, 0.2) is 0 Å². The summed E-state index contributed by atoms with van der Waals surface area (Å²) in [6, 6.07) is 5.79. The van der Waals surface area contributed by atoms with Crippen molar-refractivity contribution in [2.75, 3.05) is 16.8 Å². The van der Waals surface area contributed by atoms with E-state index in [1.54, 1.807) is 23.2 Å². The number of nitro benzene ring substituents is 1. The van der Waals surface area contributed by atoms with Crippen molar-refractivity contribution in [1.82, 2.24) is 9.78 Å². The first-order valence-electron chi connectivity index (χ1n) is 8.13. The van der Waals surface area contributed by atoms with Crippen LogP contribution in [0, 0.1) is 10.1 Å². The van der Waals surface area contributed by atoms with Crippen molar-refractivity contribution in [2.45, 2.75) is 38.8 Å². The van der Waals surface area contributed by atoms with Gasteiger partial charge in [0.1, 0.15) is 6.04 Å². The molecule has 1 fully saturated rings. The number of nitro groups is 1. The van der Waals surface area contributed by atoms with E-state index in [-0.39, 0.29) is 23.2 Å². The van der Waals surface area contributed by atoms with E-state index in [0.717, 1.165) is 5.69 Å². The van der Waals surface area contributed by atoms with Crippen LogP contribution in [-0.4, -0.2) is 33.2 Å². The molecule has 1 N–H and O–H groups in total. The Morgan fingerprint density at radius 1 is 1.36 bits per heavy atom. The predicted octanol–water partition coefficient (Wildman–Crippen LogP) is 2.76. The lowest BCUT2D eigenvalue weighted by Gasteiger charge is -2.19. The van der Waals surface area contributed by atoms with E-state index in [4.69, 9.17) is 0 Å². The second-order valence-corrected chi connectivity index (χ2v) is 7.10. The smallest absolute Gasteiger partial charge is 0.271 e. The molecule has 0 bridgehead atoms. The average molecular weight is 343 g/mol. The van der Waals surface area contributed by atoms with Gasteiger partial charge in [0.25, 0.3) is 5.69 Å². The van der Waals surface area contributed by atoms with Crippen LogP contribution < -0.4 is 10.2 Å². The number of benzene rings is 1. The van der Waals surface area contributed by atoms with Crippen LogP contribution in [0.2, 0.25) is 0 Å². The molecule has 1 saturated heterocycles. The summed E-state index contributed by atoms with van der Waals surface area (Å²) in [5.74, 6) is -0.0935. The summed E-state index contributed by atoms with van der Waals surface area (Å²) in [4.78, 5) is 24.7. The molecule has 8 heteroatoms. The average Bonchev–Trinajstić information content (AvgIpc) is 3.15. The SMILES string of the molecule is CC(C)(C)n1cc(N[C@@H]2CCN(c3cccc([N+](=O)[O-])c3)C2=O)cn1. The summed E-state index contributed by atoms with van der Waals surface area (Å²) in [6.07, 6.45) is 4.21. The molecule has 0 radical (unpaired) electrons. The monoisotopic (exact) mass is 343 g/mol. The molecular formula is C17H21N5O3. The van der Waals surface area contributed by atoms with E-state index in [0.29, 0.717) is 18.7 Å². The predicted molar refractivity (Wildman–Crippen MR) is 94.7 cm³/mol. The molecule has 1 aromatic carbocycles. The number of carbonyl (C=O) groups excluding carboxylic acids is 1. The van der Waals surface area contributed by atoms with Gasteiger partial charge in [-0.2, -0.15) is 5.10 Å². The van der Waals surface area contributed by atoms with Crippen LogP contribution in [0.1, 0.15) is 27.2 Å². The third-order valence-corrected chi connectivity index (χ3v) is 4.17. The first-order valence-corrected chi connectivity index (χ1v) is 8.13. The quantitative estimate of drug-likeness (QED) is 0.680. The van der Waals surface area contributed by atoms with Gasteiger partial charge in [-0.25, -0.2) is 0 Å². The van der Waals surface area contributed by atoms with E-state index < -0.39 is 4.92 Å². The van der Waals surface area contributed by atoms with E-state index >= 15 is 0 Å². The highest BCUT2D eigenvalue weighted by Crippen LogP contribution is 2.27. The molecule has 2 aromatic rings. The second kappa shape index (κ2) is 6.19. The third-order valence-electron chi connectivity index (χ3n) is 4.17. The molecule has 2 heterocycles. The molecule has 3 rings (SSSR count). The minimum atomic E-state index is -0.458. The Kier molecular flexibility index (Phi) is 4.20. The first-order chi connectivity index (χ1) is 11.8. The molecule has 0 aliphatic carbocycles. The lowest BCUT2D eigenvalue weighted by molar-refractivity contribution is -0.384. The number of hydrogen-bond acceptors (Lipinski definition) is 5. The van der Waals surface area contributed by atoms with E-state index in [9.17, 15) is 14.9 Å². The molecule has 1 aromatic heterocycles. The summed E-state index contributed by atoms with van der Waals surface area (Å²) in [7, 11) is 0. The highest BCUT2D eigenvalue weighted by molar-refractivity contribution is 6.01. The minimum absolute atomic E-state index is 0.0202. The van der Waals surface area contributed by atoms with E-state index in [1.165, 1.54) is 12.1 Å². The topological polar surface area (TPSA) is 93.3 Å². The number of aromatic nitrogens is 2. The highest BCUT2D eigenvalue weighted by atomic mass is 16.6. The zero-order valence-corrected chi connectivity index (χ0v) is 14.5. The number of hydrogen-bond donors (Lipinski definition) is 1. The minimum Gasteiger partial charge on any atom is -0.371 e. The highest BCUT2D eigenvalue weighted by Gasteiger charge is 2.33. The first kappa shape index (κ1) is 16.9. The summed E-state index contributed by atoms with van der Waals surface area (Å²) in [5.41, 5.74) is 1.19. The molecule has 132 valence electrons. The molecular weight excluding hydrogens is 322 g/mol. The van der Waals surface area contributed by atoms with Gasteiger partial charge in [0, 0.05) is 24.9 Å². The van der Waals surface area contributed by atoms with Crippen molar-refractivity contribution < 1.29 is 9.72 Å². The van der Waals surface area contributed by atoms with Gasteiger partial charge in [-0.15, -0.1) is 0 Å². The fourth-order valence-electron chi connectivity index (χ4n) is 2.81. The third kappa shape index (κ3) is 3.47.